The van der Waals surface area contributed by atoms with E-state index in [1.54, 1.807) is 7.05 Å². The van der Waals surface area contributed by atoms with E-state index in [4.69, 9.17) is 0 Å². The molecule has 0 aliphatic rings. The quantitative estimate of drug-likeness (QED) is 0.794. The number of nitrogens with zero attached hydrogens (tertiary/aromatic N) is 2. The third-order valence-electron chi connectivity index (χ3n) is 3.43. The highest BCUT2D eigenvalue weighted by Crippen LogP contribution is 2.22. The Bertz CT molecular complexity index is 904. The van der Waals surface area contributed by atoms with E-state index in [2.05, 4.69) is 10.4 Å². The Morgan fingerprint density at radius 3 is 2.38 bits per heavy atom. The van der Waals surface area contributed by atoms with E-state index in [1.807, 2.05) is 0 Å². The van der Waals surface area contributed by atoms with Gasteiger partial charge in [0.25, 0.3) is 5.91 Å². The Labute approximate surface area is 135 Å². The fourth-order valence-electron chi connectivity index (χ4n) is 2.23. The van der Waals surface area contributed by atoms with Crippen molar-refractivity contribution >= 4 is 11.6 Å². The van der Waals surface area contributed by atoms with Crippen molar-refractivity contribution in [3.63, 3.8) is 0 Å². The van der Waals surface area contributed by atoms with Gasteiger partial charge in [0.15, 0.2) is 17.3 Å². The van der Waals surface area contributed by atoms with Crippen LogP contribution >= 0.6 is 0 Å². The van der Waals surface area contributed by atoms with Crippen molar-refractivity contribution in [1.29, 1.82) is 0 Å². The molecule has 1 amide bonds. The van der Waals surface area contributed by atoms with E-state index in [1.165, 1.54) is 41.1 Å². The first kappa shape index (κ1) is 15.8. The van der Waals surface area contributed by atoms with Crippen molar-refractivity contribution in [3.05, 3.63) is 71.7 Å². The third kappa shape index (κ3) is 3.15. The van der Waals surface area contributed by atoms with Gasteiger partial charge in [-0.25, -0.2) is 13.2 Å². The topological polar surface area (TPSA) is 46.9 Å². The molecule has 0 radical (unpaired) electrons. The molecule has 0 saturated carbocycles. The molecule has 3 aromatic rings. The minimum absolute atomic E-state index is 0.0987. The largest absolute Gasteiger partial charge is 0.321 e. The van der Waals surface area contributed by atoms with E-state index in [-0.39, 0.29) is 5.69 Å². The lowest BCUT2D eigenvalue weighted by atomic mass is 10.1. The number of benzene rings is 2. The molecule has 0 fully saturated rings. The minimum Gasteiger partial charge on any atom is -0.321 e. The summed E-state index contributed by atoms with van der Waals surface area (Å²) in [5.41, 5.74) is 1.37. The highest BCUT2D eigenvalue weighted by molar-refractivity contribution is 6.03. The molecule has 1 aromatic heterocycles. The first-order chi connectivity index (χ1) is 11.4. The van der Waals surface area contributed by atoms with Crippen LogP contribution in [0, 0.1) is 17.5 Å². The molecule has 0 aliphatic heterocycles. The van der Waals surface area contributed by atoms with Crippen LogP contribution in [0.1, 0.15) is 10.5 Å². The van der Waals surface area contributed by atoms with Gasteiger partial charge in [0.05, 0.1) is 5.69 Å². The number of hydrogen-bond donors (Lipinski definition) is 1. The minimum atomic E-state index is -0.981. The SMILES string of the molecule is Cn1nc(C(=O)Nc2ccc(F)cc2)cc1-c1ccc(F)c(F)c1. The summed E-state index contributed by atoms with van der Waals surface area (Å²) in [6.45, 7) is 0. The number of aromatic nitrogens is 2. The van der Waals surface area contributed by atoms with Crippen LogP contribution in [0.5, 0.6) is 0 Å². The second-order valence-electron chi connectivity index (χ2n) is 5.13. The smallest absolute Gasteiger partial charge is 0.276 e. The zero-order valence-electron chi connectivity index (χ0n) is 12.6. The van der Waals surface area contributed by atoms with Gasteiger partial charge in [0.2, 0.25) is 0 Å². The Hall–Kier alpha value is -3.09. The number of halogens is 3. The molecule has 2 aromatic carbocycles. The van der Waals surface area contributed by atoms with E-state index in [0.717, 1.165) is 12.1 Å². The summed E-state index contributed by atoms with van der Waals surface area (Å²) in [7, 11) is 1.59. The lowest BCUT2D eigenvalue weighted by molar-refractivity contribution is 0.102. The maximum absolute atomic E-state index is 13.4. The fourth-order valence-corrected chi connectivity index (χ4v) is 2.23. The van der Waals surface area contributed by atoms with E-state index in [0.29, 0.717) is 16.9 Å². The number of aryl methyl sites for hydroxylation is 1. The maximum atomic E-state index is 13.4. The third-order valence-corrected chi connectivity index (χ3v) is 3.43. The van der Waals surface area contributed by atoms with Gasteiger partial charge in [-0.2, -0.15) is 5.10 Å². The van der Waals surface area contributed by atoms with E-state index in [9.17, 15) is 18.0 Å². The molecule has 4 nitrogen and oxygen atoms in total. The average molecular weight is 331 g/mol. The number of carbonyl (C=O) groups excluding carboxylic acids is 1. The van der Waals surface area contributed by atoms with Crippen LogP contribution in [0.25, 0.3) is 11.3 Å². The molecule has 122 valence electrons. The molecular weight excluding hydrogens is 319 g/mol. The normalized spacial score (nSPS) is 10.7. The van der Waals surface area contributed by atoms with Crippen LogP contribution in [-0.2, 0) is 7.05 Å². The lowest BCUT2D eigenvalue weighted by Crippen LogP contribution is -2.12. The number of rotatable bonds is 3. The molecule has 3 rings (SSSR count). The summed E-state index contributed by atoms with van der Waals surface area (Å²) in [5.74, 6) is -2.83. The van der Waals surface area contributed by atoms with E-state index >= 15 is 0 Å². The van der Waals surface area contributed by atoms with Gasteiger partial charge in [-0.1, -0.05) is 0 Å². The maximum Gasteiger partial charge on any atom is 0.276 e. The molecule has 0 aliphatic carbocycles. The predicted molar refractivity (Wildman–Crippen MR) is 82.9 cm³/mol. The molecule has 0 saturated heterocycles. The monoisotopic (exact) mass is 331 g/mol. The number of nitrogens with one attached hydrogen (secondary N) is 1. The van der Waals surface area contributed by atoms with Crippen LogP contribution in [0.3, 0.4) is 0 Å². The molecule has 1 N–H and O–H groups in total. The average Bonchev–Trinajstić information content (AvgIpc) is 2.94. The molecule has 0 bridgehead atoms. The van der Waals surface area contributed by atoms with Crippen molar-refractivity contribution in [1.82, 2.24) is 9.78 Å². The second-order valence-corrected chi connectivity index (χ2v) is 5.13. The predicted octanol–water partition coefficient (Wildman–Crippen LogP) is 3.76. The summed E-state index contributed by atoms with van der Waals surface area (Å²) in [4.78, 5) is 12.2. The first-order valence-corrected chi connectivity index (χ1v) is 7.00. The molecule has 1 heterocycles. The van der Waals surface area contributed by atoms with Crippen molar-refractivity contribution in [2.24, 2.45) is 7.05 Å². The number of hydrogen-bond acceptors (Lipinski definition) is 2. The number of amides is 1. The van der Waals surface area contributed by atoms with Crippen molar-refractivity contribution < 1.29 is 18.0 Å². The molecule has 0 spiro atoms. The van der Waals surface area contributed by atoms with Crippen LogP contribution in [0.15, 0.2) is 48.5 Å². The summed E-state index contributed by atoms with van der Waals surface area (Å²) in [6, 6.07) is 10.2. The van der Waals surface area contributed by atoms with Gasteiger partial charge in [-0.15, -0.1) is 0 Å². The van der Waals surface area contributed by atoms with Crippen molar-refractivity contribution in [3.8, 4) is 11.3 Å². The van der Waals surface area contributed by atoms with Crippen LogP contribution in [0.2, 0.25) is 0 Å². The van der Waals surface area contributed by atoms with Crippen molar-refractivity contribution in [2.45, 2.75) is 0 Å². The zero-order chi connectivity index (χ0) is 17.3. The van der Waals surface area contributed by atoms with Crippen LogP contribution in [0.4, 0.5) is 18.9 Å². The molecule has 0 unspecified atom stereocenters. The summed E-state index contributed by atoms with van der Waals surface area (Å²) >= 11 is 0. The highest BCUT2D eigenvalue weighted by atomic mass is 19.2. The highest BCUT2D eigenvalue weighted by Gasteiger charge is 2.15. The Morgan fingerprint density at radius 1 is 1.00 bits per heavy atom. The zero-order valence-corrected chi connectivity index (χ0v) is 12.6. The first-order valence-electron chi connectivity index (χ1n) is 7.00. The Kier molecular flexibility index (Phi) is 4.07. The standard InChI is InChI=1S/C17H12F3N3O/c1-23-16(10-2-7-13(19)14(20)8-10)9-15(22-23)17(24)21-12-5-3-11(18)4-6-12/h2-9H,1H3,(H,21,24). The van der Waals surface area contributed by atoms with Gasteiger partial charge >= 0.3 is 0 Å². The van der Waals surface area contributed by atoms with E-state index < -0.39 is 23.4 Å². The van der Waals surface area contributed by atoms with Crippen molar-refractivity contribution in [2.75, 3.05) is 5.32 Å². The second kappa shape index (κ2) is 6.19. The van der Waals surface area contributed by atoms with Crippen LogP contribution in [-0.4, -0.2) is 15.7 Å². The lowest BCUT2D eigenvalue weighted by Gasteiger charge is -2.02. The Balaban J connectivity index is 1.86. The van der Waals surface area contributed by atoms with Crippen LogP contribution < -0.4 is 5.32 Å². The summed E-state index contributed by atoms with van der Waals surface area (Å²) in [5, 5.41) is 6.65. The number of anilines is 1. The van der Waals surface area contributed by atoms with Gasteiger partial charge < -0.3 is 5.32 Å². The molecular formula is C17H12F3N3O. The summed E-state index contributed by atoms with van der Waals surface area (Å²) < 4.78 is 40.7. The Morgan fingerprint density at radius 2 is 1.71 bits per heavy atom. The molecule has 0 atom stereocenters. The fraction of sp³-hybridized carbons (Fsp3) is 0.0588. The van der Waals surface area contributed by atoms with Gasteiger partial charge in [0.1, 0.15) is 5.82 Å². The number of carbonyl (C=O) groups is 1. The van der Waals surface area contributed by atoms with Gasteiger partial charge in [0, 0.05) is 18.3 Å². The van der Waals surface area contributed by atoms with Gasteiger partial charge in [-0.3, -0.25) is 9.48 Å². The molecule has 7 heteroatoms. The molecule has 24 heavy (non-hydrogen) atoms. The summed E-state index contributed by atoms with van der Waals surface area (Å²) in [6.07, 6.45) is 0. The van der Waals surface area contributed by atoms with Gasteiger partial charge in [-0.05, 0) is 48.5 Å².